The van der Waals surface area contributed by atoms with E-state index in [9.17, 15) is 9.59 Å². The number of benzene rings is 1. The van der Waals surface area contributed by atoms with Gasteiger partial charge in [-0.25, -0.2) is 0 Å². The van der Waals surface area contributed by atoms with Crippen molar-refractivity contribution < 1.29 is 9.59 Å². The zero-order valence-corrected chi connectivity index (χ0v) is 12.7. The predicted octanol–water partition coefficient (Wildman–Crippen LogP) is 0.0714. The molecule has 1 aromatic carbocycles. The first-order valence-corrected chi connectivity index (χ1v) is 8.21. The van der Waals surface area contributed by atoms with E-state index in [2.05, 4.69) is 26.1 Å². The average molecular weight is 319 g/mol. The maximum Gasteiger partial charge on any atom is 0.272 e. The number of carbonyl (C=O) groups excluding carboxylic acids is 2. The van der Waals surface area contributed by atoms with Crippen LogP contribution in [-0.2, 0) is 4.79 Å². The first-order chi connectivity index (χ1) is 10.8. The van der Waals surface area contributed by atoms with Crippen molar-refractivity contribution in [1.29, 1.82) is 0 Å². The minimum Gasteiger partial charge on any atom is -0.353 e. The number of rotatable bonds is 5. The molecule has 116 valence electrons. The summed E-state index contributed by atoms with van der Waals surface area (Å²) in [6.07, 6.45) is 0. The van der Waals surface area contributed by atoms with Gasteiger partial charge < -0.3 is 10.6 Å². The second kappa shape index (κ2) is 6.80. The van der Waals surface area contributed by atoms with Crippen LogP contribution in [0.2, 0.25) is 0 Å². The molecule has 1 saturated heterocycles. The maximum absolute atomic E-state index is 12.1. The van der Waals surface area contributed by atoms with Crippen molar-refractivity contribution in [3.8, 4) is 0 Å². The Kier molecular flexibility index (Phi) is 4.59. The van der Waals surface area contributed by atoms with Crippen molar-refractivity contribution in [3.63, 3.8) is 0 Å². The van der Waals surface area contributed by atoms with E-state index in [1.165, 1.54) is 0 Å². The van der Waals surface area contributed by atoms with Gasteiger partial charge in [-0.15, -0.1) is 11.8 Å². The van der Waals surface area contributed by atoms with Gasteiger partial charge in [0, 0.05) is 30.1 Å². The lowest BCUT2D eigenvalue weighted by Gasteiger charge is -2.10. The number of amides is 2. The molecular weight excluding hydrogens is 302 g/mol. The van der Waals surface area contributed by atoms with Gasteiger partial charge in [-0.05, 0) is 6.07 Å². The topological polar surface area (TPSA) is 98.9 Å². The summed E-state index contributed by atoms with van der Waals surface area (Å²) in [5.74, 6) is 1.32. The number of nitrogens with zero attached hydrogens (tertiary/aromatic N) is 1. The maximum atomic E-state index is 12.1. The van der Waals surface area contributed by atoms with Crippen molar-refractivity contribution >= 4 is 34.5 Å². The number of carbonyl (C=O) groups is 2. The van der Waals surface area contributed by atoms with E-state index in [1.807, 2.05) is 24.3 Å². The molecular formula is C14H17N5O2S. The second-order valence-electron chi connectivity index (χ2n) is 4.94. The molecule has 0 radical (unpaired) electrons. The van der Waals surface area contributed by atoms with E-state index in [4.69, 9.17) is 0 Å². The van der Waals surface area contributed by atoms with Gasteiger partial charge in [0.05, 0.1) is 11.6 Å². The van der Waals surface area contributed by atoms with Gasteiger partial charge in [0.25, 0.3) is 5.91 Å². The van der Waals surface area contributed by atoms with Gasteiger partial charge in [-0.1, -0.05) is 18.2 Å². The van der Waals surface area contributed by atoms with Crippen molar-refractivity contribution in [2.45, 2.75) is 6.04 Å². The van der Waals surface area contributed by atoms with Crippen molar-refractivity contribution in [2.75, 3.05) is 24.7 Å². The molecule has 22 heavy (non-hydrogen) atoms. The Bertz CT molecular complexity index is 681. The second-order valence-corrected chi connectivity index (χ2v) is 5.97. The van der Waals surface area contributed by atoms with Gasteiger partial charge in [0.15, 0.2) is 5.69 Å². The van der Waals surface area contributed by atoms with Gasteiger partial charge in [-0.3, -0.25) is 20.0 Å². The summed E-state index contributed by atoms with van der Waals surface area (Å²) in [7, 11) is 0. The molecule has 7 nitrogen and oxygen atoms in total. The smallest absolute Gasteiger partial charge is 0.272 e. The molecule has 1 aromatic heterocycles. The minimum absolute atomic E-state index is 0.0236. The SMILES string of the molecule is O=C(NCCNC(=O)C1CSCN1)c1n[nH]c2ccccc12. The van der Waals surface area contributed by atoms with Crippen molar-refractivity contribution in [2.24, 2.45) is 0 Å². The number of hydrogen-bond donors (Lipinski definition) is 4. The Morgan fingerprint density at radius 3 is 2.91 bits per heavy atom. The monoisotopic (exact) mass is 319 g/mol. The van der Waals surface area contributed by atoms with Crippen LogP contribution < -0.4 is 16.0 Å². The Labute approximate surface area is 131 Å². The molecule has 2 heterocycles. The molecule has 1 unspecified atom stereocenters. The number of aromatic nitrogens is 2. The van der Waals surface area contributed by atoms with Crippen LogP contribution in [0.1, 0.15) is 10.5 Å². The first-order valence-electron chi connectivity index (χ1n) is 7.06. The molecule has 3 rings (SSSR count). The fourth-order valence-corrected chi connectivity index (χ4v) is 3.21. The average Bonchev–Trinajstić information content (AvgIpc) is 3.20. The van der Waals surface area contributed by atoms with Crippen LogP contribution in [0.25, 0.3) is 10.9 Å². The van der Waals surface area contributed by atoms with Crippen LogP contribution in [0.4, 0.5) is 0 Å². The molecule has 0 saturated carbocycles. The quantitative estimate of drug-likeness (QED) is 0.585. The number of hydrogen-bond acceptors (Lipinski definition) is 5. The van der Waals surface area contributed by atoms with E-state index in [0.717, 1.165) is 22.5 Å². The van der Waals surface area contributed by atoms with Crippen LogP contribution in [0.3, 0.4) is 0 Å². The zero-order chi connectivity index (χ0) is 15.4. The Morgan fingerprint density at radius 2 is 2.09 bits per heavy atom. The van der Waals surface area contributed by atoms with Crippen LogP contribution in [0, 0.1) is 0 Å². The Balaban J connectivity index is 1.47. The number of H-pyrrole nitrogens is 1. The number of nitrogens with one attached hydrogen (secondary N) is 4. The number of para-hydroxylation sites is 1. The van der Waals surface area contributed by atoms with Gasteiger partial charge >= 0.3 is 0 Å². The van der Waals surface area contributed by atoms with E-state index in [0.29, 0.717) is 18.8 Å². The number of aromatic amines is 1. The number of fused-ring (bicyclic) bond motifs is 1. The molecule has 0 spiro atoms. The van der Waals surface area contributed by atoms with Crippen molar-refractivity contribution in [1.82, 2.24) is 26.1 Å². The van der Waals surface area contributed by atoms with E-state index in [1.54, 1.807) is 11.8 Å². The van der Waals surface area contributed by atoms with Crippen LogP contribution in [0.15, 0.2) is 24.3 Å². The summed E-state index contributed by atoms with van der Waals surface area (Å²) < 4.78 is 0. The predicted molar refractivity (Wildman–Crippen MR) is 85.7 cm³/mol. The van der Waals surface area contributed by atoms with Crippen LogP contribution in [-0.4, -0.2) is 52.8 Å². The fourth-order valence-electron chi connectivity index (χ4n) is 2.27. The molecule has 2 aromatic rings. The molecule has 1 fully saturated rings. The molecule has 1 aliphatic heterocycles. The highest BCUT2D eigenvalue weighted by molar-refractivity contribution is 7.99. The summed E-state index contributed by atoms with van der Waals surface area (Å²) in [6, 6.07) is 7.33. The summed E-state index contributed by atoms with van der Waals surface area (Å²) in [4.78, 5) is 23.9. The summed E-state index contributed by atoms with van der Waals surface area (Å²) in [6.45, 7) is 0.765. The lowest BCUT2D eigenvalue weighted by atomic mass is 10.2. The van der Waals surface area contributed by atoms with Gasteiger partial charge in [0.2, 0.25) is 5.91 Å². The molecule has 4 N–H and O–H groups in total. The largest absolute Gasteiger partial charge is 0.353 e. The Morgan fingerprint density at radius 1 is 1.27 bits per heavy atom. The summed E-state index contributed by atoms with van der Waals surface area (Å²) in [5.41, 5.74) is 1.20. The van der Waals surface area contributed by atoms with E-state index < -0.39 is 0 Å². The lowest BCUT2D eigenvalue weighted by Crippen LogP contribution is -2.44. The summed E-state index contributed by atoms with van der Waals surface area (Å²) in [5, 5.41) is 16.3. The zero-order valence-electron chi connectivity index (χ0n) is 11.9. The van der Waals surface area contributed by atoms with Crippen LogP contribution >= 0.6 is 11.8 Å². The van der Waals surface area contributed by atoms with Gasteiger partial charge in [0.1, 0.15) is 0 Å². The van der Waals surface area contributed by atoms with E-state index in [-0.39, 0.29) is 17.9 Å². The first kappa shape index (κ1) is 14.9. The van der Waals surface area contributed by atoms with E-state index >= 15 is 0 Å². The third kappa shape index (κ3) is 3.23. The van der Waals surface area contributed by atoms with Gasteiger partial charge in [-0.2, -0.15) is 5.10 Å². The fraction of sp³-hybridized carbons (Fsp3) is 0.357. The Hall–Kier alpha value is -2.06. The molecule has 0 aliphatic carbocycles. The molecule has 1 atom stereocenters. The highest BCUT2D eigenvalue weighted by Crippen LogP contribution is 2.14. The molecule has 1 aliphatic rings. The molecule has 8 heteroatoms. The van der Waals surface area contributed by atoms with Crippen molar-refractivity contribution in [3.05, 3.63) is 30.0 Å². The molecule has 2 amide bonds. The third-order valence-electron chi connectivity index (χ3n) is 3.43. The standard InChI is InChI=1S/C14H17N5O2S/c20-13(11-7-22-8-17-11)15-5-6-16-14(21)12-9-3-1-2-4-10(9)18-19-12/h1-4,11,17H,5-8H2,(H,15,20)(H,16,21)(H,18,19). The molecule has 0 bridgehead atoms. The lowest BCUT2D eigenvalue weighted by molar-refractivity contribution is -0.122. The van der Waals surface area contributed by atoms with Crippen LogP contribution in [0.5, 0.6) is 0 Å². The third-order valence-corrected chi connectivity index (χ3v) is 4.37. The normalized spacial score (nSPS) is 17.5. The highest BCUT2D eigenvalue weighted by atomic mass is 32.2. The summed E-state index contributed by atoms with van der Waals surface area (Å²) >= 11 is 1.70. The minimum atomic E-state index is -0.249. The number of thioether (sulfide) groups is 1. The highest BCUT2D eigenvalue weighted by Gasteiger charge is 2.21.